The van der Waals surface area contributed by atoms with E-state index in [9.17, 15) is 14.7 Å². The van der Waals surface area contributed by atoms with Crippen LogP contribution in [-0.4, -0.2) is 37.8 Å². The fourth-order valence-electron chi connectivity index (χ4n) is 4.82. The molecule has 1 saturated heterocycles. The smallest absolute Gasteiger partial charge is 0.243 e. The number of carbonyl (C=O) groups is 2. The molecule has 0 spiro atoms. The number of aliphatic hydroxyl groups is 1. The molecular formula is C30H32N4O6. The second kappa shape index (κ2) is 12.8. The number of hydroxylamine groups is 1. The van der Waals surface area contributed by atoms with Gasteiger partial charge in [0.25, 0.3) is 0 Å². The summed E-state index contributed by atoms with van der Waals surface area (Å²) in [5, 5.41) is 20.8. The first-order chi connectivity index (χ1) is 19.5. The monoisotopic (exact) mass is 544 g/mol. The maximum absolute atomic E-state index is 12.2. The molecule has 4 aromatic rings. The quantitative estimate of drug-likeness (QED) is 0.172. The number of fused-ring (bicyclic) bond motifs is 1. The van der Waals surface area contributed by atoms with Crippen LogP contribution in [0.1, 0.15) is 54.8 Å². The van der Waals surface area contributed by atoms with E-state index in [2.05, 4.69) is 14.9 Å². The zero-order valence-electron chi connectivity index (χ0n) is 21.9. The van der Waals surface area contributed by atoms with E-state index in [-0.39, 0.29) is 37.6 Å². The van der Waals surface area contributed by atoms with Crippen molar-refractivity contribution in [3.8, 4) is 0 Å². The molecule has 2 heterocycles. The number of anilines is 1. The third-order valence-electron chi connectivity index (χ3n) is 6.94. The van der Waals surface area contributed by atoms with Crippen LogP contribution in [0.3, 0.4) is 0 Å². The zero-order chi connectivity index (χ0) is 27.9. The molecule has 0 aliphatic carbocycles. The predicted molar refractivity (Wildman–Crippen MR) is 147 cm³/mol. The van der Waals surface area contributed by atoms with Gasteiger partial charge in [-0.15, -0.1) is 0 Å². The molecule has 3 atom stereocenters. The molecule has 40 heavy (non-hydrogen) atoms. The second-order valence-corrected chi connectivity index (χ2v) is 9.79. The Morgan fingerprint density at radius 1 is 0.925 bits per heavy atom. The summed E-state index contributed by atoms with van der Waals surface area (Å²) in [7, 11) is 0. The molecule has 1 aliphatic heterocycles. The highest BCUT2D eigenvalue weighted by atomic mass is 16.7. The number of nitrogens with one attached hydrogen (secondary N) is 2. The molecule has 1 aliphatic rings. The summed E-state index contributed by atoms with van der Waals surface area (Å²) in [6, 6.07) is 23.0. The van der Waals surface area contributed by atoms with E-state index < -0.39 is 12.2 Å². The van der Waals surface area contributed by atoms with Crippen molar-refractivity contribution < 1.29 is 29.4 Å². The lowest BCUT2D eigenvalue weighted by Gasteiger charge is -2.36. The van der Waals surface area contributed by atoms with Crippen molar-refractivity contribution in [2.75, 3.05) is 5.32 Å². The Morgan fingerprint density at radius 3 is 2.40 bits per heavy atom. The molecule has 5 rings (SSSR count). The van der Waals surface area contributed by atoms with Crippen LogP contribution in [0.25, 0.3) is 11.0 Å². The zero-order valence-corrected chi connectivity index (χ0v) is 21.9. The van der Waals surface area contributed by atoms with E-state index in [1.165, 1.54) is 0 Å². The van der Waals surface area contributed by atoms with Crippen molar-refractivity contribution in [3.05, 3.63) is 95.8 Å². The molecule has 0 radical (unpaired) electrons. The maximum Gasteiger partial charge on any atom is 0.243 e. The topological polar surface area (TPSA) is 135 Å². The van der Waals surface area contributed by atoms with E-state index in [4.69, 9.17) is 14.7 Å². The highest BCUT2D eigenvalue weighted by Gasteiger charge is 2.32. The number of hydrogen-bond donors (Lipinski definition) is 4. The Balaban J connectivity index is 1.30. The number of aromatic nitrogens is 2. The van der Waals surface area contributed by atoms with Crippen molar-refractivity contribution in [1.82, 2.24) is 15.0 Å². The maximum atomic E-state index is 12.2. The van der Waals surface area contributed by atoms with E-state index in [0.717, 1.165) is 27.7 Å². The standard InChI is InChI=1S/C30H32N4O6/c35-18-20-8-10-21(11-9-20)27-16-24(17-34-19-31-25-4-1-2-5-26(25)34)39-30(40-27)22-12-14-23(15-13-22)32-28(36)6-3-7-29(37)33-38/h1-2,4-5,8-15,19,24,27,30,35,38H,3,6-7,16-18H2,(H,32,36)(H,33,37). The molecule has 3 aromatic carbocycles. The fraction of sp³-hybridized carbons (Fsp3) is 0.300. The minimum Gasteiger partial charge on any atom is -0.392 e. The van der Waals surface area contributed by atoms with Gasteiger partial charge in [0, 0.05) is 30.5 Å². The summed E-state index contributed by atoms with van der Waals surface area (Å²) < 4.78 is 15.0. The first kappa shape index (κ1) is 27.5. The number of carbonyl (C=O) groups excluding carboxylic acids is 2. The minimum atomic E-state index is -0.627. The molecule has 0 saturated carbocycles. The molecule has 3 unspecified atom stereocenters. The Kier molecular flexibility index (Phi) is 8.82. The lowest BCUT2D eigenvalue weighted by atomic mass is 10.00. The molecule has 1 aromatic heterocycles. The summed E-state index contributed by atoms with van der Waals surface area (Å²) in [5.41, 5.74) is 6.80. The van der Waals surface area contributed by atoms with Gasteiger partial charge in [0.15, 0.2) is 6.29 Å². The Labute approximate surface area is 231 Å². The van der Waals surface area contributed by atoms with Gasteiger partial charge in [-0.25, -0.2) is 10.5 Å². The van der Waals surface area contributed by atoms with Crippen LogP contribution in [0, 0.1) is 0 Å². The first-order valence-electron chi connectivity index (χ1n) is 13.3. The summed E-state index contributed by atoms with van der Waals surface area (Å²) in [6.07, 6.45) is 2.02. The highest BCUT2D eigenvalue weighted by Crippen LogP contribution is 2.38. The average molecular weight is 545 g/mol. The van der Waals surface area contributed by atoms with E-state index in [0.29, 0.717) is 25.1 Å². The summed E-state index contributed by atoms with van der Waals surface area (Å²) in [5.74, 6) is -0.741. The second-order valence-electron chi connectivity index (χ2n) is 9.79. The number of imidazole rings is 1. The van der Waals surface area contributed by atoms with Gasteiger partial charge in [-0.05, 0) is 41.8 Å². The van der Waals surface area contributed by atoms with Gasteiger partial charge in [0.2, 0.25) is 11.8 Å². The minimum absolute atomic E-state index is 0.0191. The van der Waals surface area contributed by atoms with E-state index in [1.54, 1.807) is 17.6 Å². The summed E-state index contributed by atoms with van der Waals surface area (Å²) >= 11 is 0. The first-order valence-corrected chi connectivity index (χ1v) is 13.3. The van der Waals surface area contributed by atoms with Crippen molar-refractivity contribution in [1.29, 1.82) is 0 Å². The van der Waals surface area contributed by atoms with Gasteiger partial charge >= 0.3 is 0 Å². The summed E-state index contributed by atoms with van der Waals surface area (Å²) in [4.78, 5) is 27.9. The highest BCUT2D eigenvalue weighted by molar-refractivity contribution is 5.91. The van der Waals surface area contributed by atoms with Crippen LogP contribution in [0.4, 0.5) is 5.69 Å². The van der Waals surface area contributed by atoms with Crippen molar-refractivity contribution >= 4 is 28.5 Å². The number of para-hydroxylation sites is 2. The molecule has 4 N–H and O–H groups in total. The van der Waals surface area contributed by atoms with Gasteiger partial charge in [0.05, 0.1) is 42.7 Å². The van der Waals surface area contributed by atoms with Gasteiger partial charge < -0.3 is 24.5 Å². The van der Waals surface area contributed by atoms with E-state index >= 15 is 0 Å². The van der Waals surface area contributed by atoms with Crippen LogP contribution in [-0.2, 0) is 32.2 Å². The Bertz CT molecular complexity index is 1440. The number of ether oxygens (including phenoxy) is 2. The third-order valence-corrected chi connectivity index (χ3v) is 6.94. The van der Waals surface area contributed by atoms with Gasteiger partial charge in [-0.2, -0.15) is 0 Å². The number of benzene rings is 3. The van der Waals surface area contributed by atoms with Crippen LogP contribution in [0.15, 0.2) is 79.1 Å². The number of amides is 2. The van der Waals surface area contributed by atoms with Crippen molar-refractivity contribution in [2.24, 2.45) is 0 Å². The van der Waals surface area contributed by atoms with Crippen LogP contribution in [0.5, 0.6) is 0 Å². The average Bonchev–Trinajstić information content (AvgIpc) is 3.40. The molecule has 1 fully saturated rings. The number of nitrogens with zero attached hydrogens (tertiary/aromatic N) is 2. The number of rotatable bonds is 10. The van der Waals surface area contributed by atoms with Crippen LogP contribution >= 0.6 is 0 Å². The number of aliphatic hydroxyl groups excluding tert-OH is 1. The molecule has 2 amide bonds. The third kappa shape index (κ3) is 6.72. The molecule has 208 valence electrons. The van der Waals surface area contributed by atoms with Gasteiger partial charge in [-0.1, -0.05) is 48.5 Å². The van der Waals surface area contributed by atoms with Crippen molar-refractivity contribution in [3.63, 3.8) is 0 Å². The van der Waals surface area contributed by atoms with Crippen molar-refractivity contribution in [2.45, 2.75) is 57.3 Å². The molecule has 10 nitrogen and oxygen atoms in total. The Morgan fingerprint density at radius 2 is 1.65 bits per heavy atom. The van der Waals surface area contributed by atoms with Gasteiger partial charge in [0.1, 0.15) is 0 Å². The largest absolute Gasteiger partial charge is 0.392 e. The van der Waals surface area contributed by atoms with E-state index in [1.807, 2.05) is 67.0 Å². The SMILES string of the molecule is O=C(CCCC(=O)Nc1ccc(C2OC(Cn3cnc4ccccc43)CC(c3ccc(CO)cc3)O2)cc1)NO. The molecular weight excluding hydrogens is 512 g/mol. The normalized spacial score (nSPS) is 18.9. The van der Waals surface area contributed by atoms with Crippen LogP contribution < -0.4 is 10.8 Å². The lowest BCUT2D eigenvalue weighted by molar-refractivity contribution is -0.252. The summed E-state index contributed by atoms with van der Waals surface area (Å²) in [6.45, 7) is 0.586. The van der Waals surface area contributed by atoms with Gasteiger partial charge in [-0.3, -0.25) is 14.8 Å². The number of hydrogen-bond acceptors (Lipinski definition) is 7. The molecule has 10 heteroatoms. The van der Waals surface area contributed by atoms with Crippen LogP contribution in [0.2, 0.25) is 0 Å². The lowest BCUT2D eigenvalue weighted by Crippen LogP contribution is -2.32. The Hall–Kier alpha value is -4.09. The molecule has 0 bridgehead atoms. The predicted octanol–water partition coefficient (Wildman–Crippen LogP) is 4.39. The fourth-order valence-corrected chi connectivity index (χ4v) is 4.82.